The fraction of sp³-hybridized carbons (Fsp3) is 0.611. The van der Waals surface area contributed by atoms with Gasteiger partial charge in [0.15, 0.2) is 0 Å². The summed E-state index contributed by atoms with van der Waals surface area (Å²) >= 11 is -1.77. The Morgan fingerprint density at radius 2 is 1.96 bits per heavy atom. The molecule has 0 radical (unpaired) electrons. The SMILES string of the molecule is CN(P1OCC(C)(C)CO1)[S+]([O-])C(NC(=O)O)c1cccc2c1OC(C)(C)C2. The lowest BCUT2D eigenvalue weighted by Gasteiger charge is -2.37. The summed E-state index contributed by atoms with van der Waals surface area (Å²) in [6, 6.07) is 5.51. The number of nitrogens with one attached hydrogen (secondary N) is 1. The van der Waals surface area contributed by atoms with Crippen LogP contribution in [0.15, 0.2) is 18.2 Å². The first-order chi connectivity index (χ1) is 13.0. The molecule has 8 nitrogen and oxygen atoms in total. The molecular weight excluding hydrogens is 403 g/mol. The fourth-order valence-electron chi connectivity index (χ4n) is 3.11. The van der Waals surface area contributed by atoms with Crippen molar-refractivity contribution in [3.63, 3.8) is 0 Å². The van der Waals surface area contributed by atoms with E-state index in [4.69, 9.17) is 13.8 Å². The Hall–Kier alpha value is -1.09. The van der Waals surface area contributed by atoms with Crippen LogP contribution in [0.2, 0.25) is 0 Å². The molecule has 1 saturated heterocycles. The predicted octanol–water partition coefficient (Wildman–Crippen LogP) is 3.56. The Morgan fingerprint density at radius 1 is 1.32 bits per heavy atom. The second-order valence-corrected chi connectivity index (χ2v) is 11.8. The van der Waals surface area contributed by atoms with Gasteiger partial charge in [-0.3, -0.25) is 5.32 Å². The molecule has 28 heavy (non-hydrogen) atoms. The Kier molecular flexibility index (Phi) is 6.15. The summed E-state index contributed by atoms with van der Waals surface area (Å²) in [5, 5.41) is 10.7. The van der Waals surface area contributed by atoms with E-state index in [1.165, 1.54) is 4.08 Å². The lowest BCUT2D eigenvalue weighted by atomic mass is 9.97. The molecule has 2 aliphatic heterocycles. The minimum absolute atomic E-state index is 0.112. The van der Waals surface area contributed by atoms with Crippen molar-refractivity contribution in [1.29, 1.82) is 0 Å². The molecule has 1 aromatic rings. The average molecular weight is 430 g/mol. The van der Waals surface area contributed by atoms with Crippen LogP contribution < -0.4 is 10.1 Å². The van der Waals surface area contributed by atoms with Crippen molar-refractivity contribution in [2.45, 2.75) is 45.1 Å². The van der Waals surface area contributed by atoms with Gasteiger partial charge in [0.2, 0.25) is 5.37 Å². The summed E-state index contributed by atoms with van der Waals surface area (Å²) in [7, 11) is 0.0716. The number of para-hydroxylation sites is 1. The smallest absolute Gasteiger partial charge is 0.408 e. The van der Waals surface area contributed by atoms with Crippen LogP contribution in [-0.2, 0) is 26.8 Å². The Labute approximate surface area is 169 Å². The van der Waals surface area contributed by atoms with E-state index in [0.29, 0.717) is 30.9 Å². The van der Waals surface area contributed by atoms with Crippen molar-refractivity contribution < 1.29 is 28.2 Å². The van der Waals surface area contributed by atoms with E-state index in [1.54, 1.807) is 13.1 Å². The standard InChI is InChI=1S/C18H27N2O6PS/c1-17(2)10-24-27(25-11-17)20(5)28(23)15(19-16(21)22)13-8-6-7-12-9-18(3,4)26-14(12)13/h6-8,15,19H,9-11H2,1-5H3,(H,21,22). The van der Waals surface area contributed by atoms with Crippen LogP contribution in [0.5, 0.6) is 5.75 Å². The van der Waals surface area contributed by atoms with Crippen molar-refractivity contribution in [2.75, 3.05) is 20.3 Å². The van der Waals surface area contributed by atoms with Crippen LogP contribution in [-0.4, -0.2) is 45.7 Å². The quantitative estimate of drug-likeness (QED) is 0.544. The molecule has 3 rings (SSSR count). The highest BCUT2D eigenvalue weighted by Crippen LogP contribution is 2.51. The van der Waals surface area contributed by atoms with Gasteiger partial charge in [0.1, 0.15) is 11.4 Å². The predicted molar refractivity (Wildman–Crippen MR) is 107 cm³/mol. The monoisotopic (exact) mass is 430 g/mol. The number of ether oxygens (including phenoxy) is 1. The maximum Gasteiger partial charge on any atom is 0.408 e. The van der Waals surface area contributed by atoms with Gasteiger partial charge in [-0.15, -0.1) is 0 Å². The number of carbonyl (C=O) groups is 1. The highest BCUT2D eigenvalue weighted by atomic mass is 32.2. The molecule has 2 heterocycles. The normalized spacial score (nSPS) is 23.0. The van der Waals surface area contributed by atoms with E-state index < -0.39 is 37.0 Å². The third-order valence-electron chi connectivity index (χ3n) is 4.48. The number of carboxylic acid groups (broad SMARTS) is 1. The third-order valence-corrected chi connectivity index (χ3v) is 7.82. The number of benzene rings is 1. The number of hydrogen-bond acceptors (Lipinski definition) is 6. The zero-order valence-electron chi connectivity index (χ0n) is 16.7. The topological polar surface area (TPSA) is 103 Å². The molecule has 1 aromatic carbocycles. The van der Waals surface area contributed by atoms with Crippen molar-refractivity contribution in [3.8, 4) is 5.75 Å². The molecular formula is C18H27N2O6PS. The number of rotatable bonds is 5. The second kappa shape index (κ2) is 7.97. The van der Waals surface area contributed by atoms with Crippen LogP contribution in [0.3, 0.4) is 0 Å². The average Bonchev–Trinajstić information content (AvgIpc) is 2.92. The molecule has 10 heteroatoms. The van der Waals surface area contributed by atoms with Gasteiger partial charge < -0.3 is 23.4 Å². The van der Waals surface area contributed by atoms with Crippen molar-refractivity contribution >= 4 is 26.0 Å². The molecule has 2 aliphatic rings. The zero-order chi connectivity index (χ0) is 20.7. The first-order valence-electron chi connectivity index (χ1n) is 9.00. The molecule has 0 aliphatic carbocycles. The van der Waals surface area contributed by atoms with E-state index >= 15 is 0 Å². The Bertz CT molecular complexity index is 737. The summed E-state index contributed by atoms with van der Waals surface area (Å²) in [4.78, 5) is 11.4. The van der Waals surface area contributed by atoms with Gasteiger partial charge in [-0.05, 0) is 25.5 Å². The van der Waals surface area contributed by atoms with Gasteiger partial charge in [-0.25, -0.2) is 4.79 Å². The first-order valence-corrected chi connectivity index (χ1v) is 11.3. The fourth-order valence-corrected chi connectivity index (χ4v) is 6.44. The molecule has 1 amide bonds. The van der Waals surface area contributed by atoms with Crippen molar-refractivity contribution in [2.24, 2.45) is 5.41 Å². The van der Waals surface area contributed by atoms with E-state index in [-0.39, 0.29) is 5.41 Å². The molecule has 2 atom stereocenters. The molecule has 0 bridgehead atoms. The van der Waals surface area contributed by atoms with Crippen LogP contribution in [0, 0.1) is 5.41 Å². The van der Waals surface area contributed by atoms with E-state index in [2.05, 4.69) is 5.32 Å². The lowest BCUT2D eigenvalue weighted by molar-refractivity contribution is 0.0530. The van der Waals surface area contributed by atoms with Crippen LogP contribution >= 0.6 is 8.53 Å². The zero-order valence-corrected chi connectivity index (χ0v) is 18.4. The van der Waals surface area contributed by atoms with Crippen LogP contribution in [0.4, 0.5) is 4.79 Å². The summed E-state index contributed by atoms with van der Waals surface area (Å²) < 4.78 is 32.3. The van der Waals surface area contributed by atoms with Gasteiger partial charge in [0, 0.05) is 18.9 Å². The molecule has 2 unspecified atom stereocenters. The van der Waals surface area contributed by atoms with E-state index in [1.807, 2.05) is 39.8 Å². The molecule has 0 aromatic heterocycles. The third kappa shape index (κ3) is 4.72. The number of amides is 1. The largest absolute Gasteiger partial charge is 0.596 e. The van der Waals surface area contributed by atoms with Gasteiger partial charge in [0.05, 0.1) is 30.1 Å². The van der Waals surface area contributed by atoms with Gasteiger partial charge in [-0.2, -0.15) is 0 Å². The summed E-state index contributed by atoms with van der Waals surface area (Å²) in [6.45, 7) is 8.95. The molecule has 1 fully saturated rings. The second-order valence-electron chi connectivity index (χ2n) is 8.39. The van der Waals surface area contributed by atoms with Gasteiger partial charge in [0.25, 0.3) is 0 Å². The Balaban J connectivity index is 1.86. The number of fused-ring (bicyclic) bond motifs is 1. The maximum atomic E-state index is 13.3. The minimum Gasteiger partial charge on any atom is -0.596 e. The van der Waals surface area contributed by atoms with Gasteiger partial charge in [-0.1, -0.05) is 30.1 Å². The Morgan fingerprint density at radius 3 is 2.57 bits per heavy atom. The molecule has 2 N–H and O–H groups in total. The maximum absolute atomic E-state index is 13.3. The minimum atomic E-state index is -1.77. The van der Waals surface area contributed by atoms with Crippen molar-refractivity contribution in [3.05, 3.63) is 29.3 Å². The van der Waals surface area contributed by atoms with Crippen LogP contribution in [0.25, 0.3) is 0 Å². The number of nitrogens with zero attached hydrogens (tertiary/aromatic N) is 1. The van der Waals surface area contributed by atoms with E-state index in [9.17, 15) is 14.5 Å². The lowest BCUT2D eigenvalue weighted by Crippen LogP contribution is -2.41. The molecule has 156 valence electrons. The summed E-state index contributed by atoms with van der Waals surface area (Å²) in [5.41, 5.74) is 1.00. The van der Waals surface area contributed by atoms with E-state index in [0.717, 1.165) is 5.56 Å². The molecule has 0 saturated carbocycles. The number of hydrogen-bond donors (Lipinski definition) is 2. The summed E-state index contributed by atoms with van der Waals surface area (Å²) in [5.74, 6) is 0.590. The highest BCUT2D eigenvalue weighted by molar-refractivity contribution is 7.93. The highest BCUT2D eigenvalue weighted by Gasteiger charge is 2.43. The summed E-state index contributed by atoms with van der Waals surface area (Å²) in [6.07, 6.45) is -0.562. The molecule has 0 spiro atoms. The van der Waals surface area contributed by atoms with Crippen molar-refractivity contribution in [1.82, 2.24) is 9.39 Å². The first kappa shape index (κ1) is 21.6. The van der Waals surface area contributed by atoms with Crippen LogP contribution in [0.1, 0.15) is 44.2 Å². The van der Waals surface area contributed by atoms with Gasteiger partial charge >= 0.3 is 14.6 Å².